The summed E-state index contributed by atoms with van der Waals surface area (Å²) >= 11 is 3.45. The zero-order valence-electron chi connectivity index (χ0n) is 20.4. The standard InChI is InChI=1S/C25H36BrN5O2/c1-7-19(18-8-10-27-11-9-18)30-22(32)14-31-24(33)23(26)21(13-28-31)29-20-12-15(2)25(5,6)17(4)16(20)3/h8-11,13,15-17,19-20,29H,7,12,14H2,1-6H3,(H,30,32)/t15-,16+,17+,19?,20+/m0/s1. The predicted molar refractivity (Wildman–Crippen MR) is 135 cm³/mol. The first-order valence-corrected chi connectivity index (χ1v) is 12.6. The number of halogens is 1. The van der Waals surface area contributed by atoms with Gasteiger partial charge in [0.1, 0.15) is 11.0 Å². The van der Waals surface area contributed by atoms with Crippen LogP contribution in [0.5, 0.6) is 0 Å². The van der Waals surface area contributed by atoms with Crippen LogP contribution >= 0.6 is 15.9 Å². The van der Waals surface area contributed by atoms with Crippen molar-refractivity contribution in [3.8, 4) is 0 Å². The van der Waals surface area contributed by atoms with Crippen molar-refractivity contribution in [1.82, 2.24) is 20.1 Å². The third-order valence-corrected chi connectivity index (χ3v) is 8.71. The minimum atomic E-state index is -0.322. The molecular formula is C25H36BrN5O2. The van der Waals surface area contributed by atoms with Crippen LogP contribution in [0.2, 0.25) is 0 Å². The molecule has 0 radical (unpaired) electrons. The first kappa shape index (κ1) is 25.4. The second-order valence-corrected chi connectivity index (χ2v) is 10.8. The molecule has 3 rings (SSSR count). The van der Waals surface area contributed by atoms with Crippen LogP contribution in [-0.2, 0) is 11.3 Å². The van der Waals surface area contributed by atoms with E-state index in [2.05, 4.69) is 71.3 Å². The Morgan fingerprint density at radius 2 is 1.94 bits per heavy atom. The summed E-state index contributed by atoms with van der Waals surface area (Å²) in [6.07, 6.45) is 6.81. The van der Waals surface area contributed by atoms with Crippen molar-refractivity contribution in [2.75, 3.05) is 5.32 Å². The van der Waals surface area contributed by atoms with E-state index >= 15 is 0 Å². The number of amides is 1. The van der Waals surface area contributed by atoms with E-state index in [0.717, 1.165) is 18.4 Å². The Balaban J connectivity index is 1.70. The van der Waals surface area contributed by atoms with E-state index in [9.17, 15) is 9.59 Å². The lowest BCUT2D eigenvalue weighted by molar-refractivity contribution is -0.122. The Hall–Kier alpha value is -2.22. The summed E-state index contributed by atoms with van der Waals surface area (Å²) in [5.74, 6) is 1.30. The molecule has 1 aliphatic carbocycles. The van der Waals surface area contributed by atoms with Crippen molar-refractivity contribution in [2.24, 2.45) is 23.2 Å². The fraction of sp³-hybridized carbons (Fsp3) is 0.600. The summed E-state index contributed by atoms with van der Waals surface area (Å²) in [4.78, 5) is 29.6. The molecule has 1 unspecified atom stereocenters. The SMILES string of the molecule is CCC(NC(=O)Cn1ncc(N[C@@H]2C[C@H](C)C(C)(C)[C@H](C)[C@H]2C)c(Br)c1=O)c1ccncc1. The molecule has 1 saturated carbocycles. The molecule has 180 valence electrons. The Morgan fingerprint density at radius 1 is 1.27 bits per heavy atom. The van der Waals surface area contributed by atoms with Gasteiger partial charge in [0.05, 0.1) is 17.9 Å². The Labute approximate surface area is 204 Å². The van der Waals surface area contributed by atoms with E-state index < -0.39 is 0 Å². The number of nitrogens with zero attached hydrogens (tertiary/aromatic N) is 3. The molecule has 8 heteroatoms. The van der Waals surface area contributed by atoms with Gasteiger partial charge in [-0.3, -0.25) is 14.6 Å². The largest absolute Gasteiger partial charge is 0.380 e. The summed E-state index contributed by atoms with van der Waals surface area (Å²) in [6, 6.07) is 3.88. The molecule has 5 atom stereocenters. The van der Waals surface area contributed by atoms with E-state index in [1.165, 1.54) is 4.68 Å². The molecule has 0 aliphatic heterocycles. The van der Waals surface area contributed by atoms with Crippen LogP contribution < -0.4 is 16.2 Å². The summed E-state index contributed by atoms with van der Waals surface area (Å²) < 4.78 is 1.60. The highest BCUT2D eigenvalue weighted by atomic mass is 79.9. The van der Waals surface area contributed by atoms with E-state index in [-0.39, 0.29) is 35.5 Å². The number of pyridine rings is 1. The molecule has 2 N–H and O–H groups in total. The number of anilines is 1. The molecule has 33 heavy (non-hydrogen) atoms. The highest BCUT2D eigenvalue weighted by Crippen LogP contribution is 2.48. The van der Waals surface area contributed by atoms with Crippen molar-refractivity contribution in [3.05, 3.63) is 51.1 Å². The molecule has 0 spiro atoms. The van der Waals surface area contributed by atoms with Crippen LogP contribution in [0, 0.1) is 23.2 Å². The summed E-state index contributed by atoms with van der Waals surface area (Å²) in [5.41, 5.74) is 1.61. The normalized spacial score (nSPS) is 25.3. The maximum Gasteiger partial charge on any atom is 0.283 e. The Morgan fingerprint density at radius 3 is 2.58 bits per heavy atom. The summed E-state index contributed by atoms with van der Waals surface area (Å²) in [6.45, 7) is 13.4. The van der Waals surface area contributed by atoms with Crippen LogP contribution in [-0.4, -0.2) is 26.7 Å². The third kappa shape index (κ3) is 5.48. The second kappa shape index (κ2) is 10.4. The molecule has 1 fully saturated rings. The van der Waals surface area contributed by atoms with Gasteiger partial charge in [-0.1, -0.05) is 41.5 Å². The molecule has 1 amide bonds. The van der Waals surface area contributed by atoms with E-state index in [1.54, 1.807) is 18.6 Å². The molecular weight excluding hydrogens is 482 g/mol. The highest BCUT2D eigenvalue weighted by Gasteiger charge is 2.43. The van der Waals surface area contributed by atoms with Gasteiger partial charge in [0.15, 0.2) is 0 Å². The second-order valence-electron chi connectivity index (χ2n) is 10.0. The molecule has 0 saturated heterocycles. The topological polar surface area (TPSA) is 88.9 Å². The Bertz CT molecular complexity index is 1020. The van der Waals surface area contributed by atoms with E-state index in [1.807, 2.05) is 19.1 Å². The van der Waals surface area contributed by atoms with Gasteiger partial charge in [-0.25, -0.2) is 4.68 Å². The van der Waals surface area contributed by atoms with Crippen molar-refractivity contribution in [3.63, 3.8) is 0 Å². The van der Waals surface area contributed by atoms with E-state index in [0.29, 0.717) is 27.9 Å². The lowest BCUT2D eigenvalue weighted by Crippen LogP contribution is -2.48. The monoisotopic (exact) mass is 517 g/mol. The zero-order valence-corrected chi connectivity index (χ0v) is 22.0. The van der Waals surface area contributed by atoms with Crippen LogP contribution in [0.3, 0.4) is 0 Å². The first-order valence-electron chi connectivity index (χ1n) is 11.8. The fourth-order valence-corrected chi connectivity index (χ4v) is 5.26. The molecule has 0 aromatic carbocycles. The van der Waals surface area contributed by atoms with Gasteiger partial charge in [0.25, 0.3) is 5.56 Å². The summed E-state index contributed by atoms with van der Waals surface area (Å²) in [7, 11) is 0. The quantitative estimate of drug-likeness (QED) is 0.551. The lowest BCUT2D eigenvalue weighted by Gasteiger charge is -2.50. The van der Waals surface area contributed by atoms with Gasteiger partial charge in [-0.2, -0.15) is 5.10 Å². The maximum atomic E-state index is 12.9. The van der Waals surface area contributed by atoms with Crippen molar-refractivity contribution in [2.45, 2.75) is 73.0 Å². The number of aromatic nitrogens is 3. The molecule has 2 heterocycles. The zero-order chi connectivity index (χ0) is 24.3. The van der Waals surface area contributed by atoms with Crippen LogP contribution in [0.1, 0.15) is 66.0 Å². The number of hydrogen-bond acceptors (Lipinski definition) is 5. The Kier molecular flexibility index (Phi) is 7.98. The van der Waals surface area contributed by atoms with Crippen LogP contribution in [0.4, 0.5) is 5.69 Å². The molecule has 7 nitrogen and oxygen atoms in total. The molecule has 0 bridgehead atoms. The third-order valence-electron chi connectivity index (χ3n) is 7.95. The number of nitrogens with one attached hydrogen (secondary N) is 2. The van der Waals surface area contributed by atoms with Gasteiger partial charge < -0.3 is 10.6 Å². The average Bonchev–Trinajstić information content (AvgIpc) is 2.80. The minimum Gasteiger partial charge on any atom is -0.380 e. The first-order chi connectivity index (χ1) is 15.6. The van der Waals surface area contributed by atoms with Crippen molar-refractivity contribution < 1.29 is 4.79 Å². The van der Waals surface area contributed by atoms with Gasteiger partial charge in [-0.05, 0) is 69.6 Å². The number of hydrogen-bond donors (Lipinski definition) is 2. The summed E-state index contributed by atoms with van der Waals surface area (Å²) in [5, 5.41) is 10.8. The van der Waals surface area contributed by atoms with Gasteiger partial charge in [-0.15, -0.1) is 0 Å². The molecule has 1 aliphatic rings. The van der Waals surface area contributed by atoms with Crippen molar-refractivity contribution in [1.29, 1.82) is 0 Å². The van der Waals surface area contributed by atoms with Crippen molar-refractivity contribution >= 4 is 27.5 Å². The van der Waals surface area contributed by atoms with Gasteiger partial charge in [0.2, 0.25) is 5.91 Å². The number of carbonyl (C=O) groups is 1. The number of carbonyl (C=O) groups excluding carboxylic acids is 1. The maximum absolute atomic E-state index is 12.9. The highest BCUT2D eigenvalue weighted by molar-refractivity contribution is 9.10. The van der Waals surface area contributed by atoms with Crippen LogP contribution in [0.15, 0.2) is 40.0 Å². The fourth-order valence-electron chi connectivity index (χ4n) is 4.84. The number of rotatable bonds is 7. The molecule has 2 aromatic heterocycles. The minimum absolute atomic E-state index is 0.137. The van der Waals surface area contributed by atoms with E-state index in [4.69, 9.17) is 0 Å². The molecule has 2 aromatic rings. The predicted octanol–water partition coefficient (Wildman–Crippen LogP) is 4.79. The van der Waals surface area contributed by atoms with Gasteiger partial charge in [0, 0.05) is 18.4 Å². The van der Waals surface area contributed by atoms with Crippen LogP contribution in [0.25, 0.3) is 0 Å². The smallest absolute Gasteiger partial charge is 0.283 e. The van der Waals surface area contributed by atoms with Gasteiger partial charge >= 0.3 is 0 Å². The lowest BCUT2D eigenvalue weighted by atomic mass is 9.58. The average molecular weight is 519 g/mol.